The fourth-order valence-corrected chi connectivity index (χ4v) is 8.14. The summed E-state index contributed by atoms with van der Waals surface area (Å²) in [5.41, 5.74) is 11.4. The largest absolute Gasteiger partial charge is 0.379 e. The number of hydrogen-bond donors (Lipinski definition) is 5. The molecule has 0 saturated heterocycles. The van der Waals surface area contributed by atoms with E-state index in [-0.39, 0.29) is 18.1 Å². The van der Waals surface area contributed by atoms with Crippen LogP contribution in [0.25, 0.3) is 0 Å². The van der Waals surface area contributed by atoms with E-state index in [9.17, 15) is 4.79 Å². The molecule has 0 aromatic heterocycles. The van der Waals surface area contributed by atoms with Crippen molar-refractivity contribution < 1.29 is 18.8 Å². The van der Waals surface area contributed by atoms with Gasteiger partial charge < -0.3 is 41.4 Å². The highest BCUT2D eigenvalue weighted by molar-refractivity contribution is 5.81. The van der Waals surface area contributed by atoms with Crippen LogP contribution in [0.3, 0.4) is 0 Å². The van der Waals surface area contributed by atoms with Crippen LogP contribution in [0.2, 0.25) is 0 Å². The number of allylic oxidation sites excluding steroid dienone is 4. The Morgan fingerprint density at radius 1 is 0.540 bits per heavy atom. The standard InChI is InChI=1S/C54H110N6O3/c1-5-7-9-11-13-15-17-19-21-23-25-27-29-31-33-37-48-62-51-52(63-49-38-34-32-30-28-26-24-22-20-18-16-14-12-10-8-6-2)50-60(3,4)47-46-59-54(61)53(58-44-39-42-56)40-45-57-43-36-35-41-55/h19-22,52-53,57-58H,5-18,23-51,55-56H2,1-4H3/p+1/b21-19+,22-20+. The minimum atomic E-state index is -0.225. The summed E-state index contributed by atoms with van der Waals surface area (Å²) in [7, 11) is 4.50. The number of likely N-dealkylation sites (N-methyl/N-ethyl adjacent to an activating group) is 1. The minimum absolute atomic E-state index is 0.0453. The number of ether oxygens (including phenoxy) is 2. The fourth-order valence-electron chi connectivity index (χ4n) is 8.14. The molecule has 1 amide bonds. The molecule has 374 valence electrons. The van der Waals surface area contributed by atoms with Crippen molar-refractivity contribution >= 4 is 5.91 Å². The van der Waals surface area contributed by atoms with Gasteiger partial charge in [0.15, 0.2) is 0 Å². The first-order valence-electron chi connectivity index (χ1n) is 27.3. The maximum Gasteiger partial charge on any atom is 0.237 e. The molecule has 0 spiro atoms. The second-order valence-corrected chi connectivity index (χ2v) is 19.3. The third kappa shape index (κ3) is 47.0. The van der Waals surface area contributed by atoms with E-state index in [1.54, 1.807) is 0 Å². The number of nitrogens with two attached hydrogens (primary N) is 2. The van der Waals surface area contributed by atoms with E-state index in [1.165, 1.54) is 167 Å². The van der Waals surface area contributed by atoms with E-state index in [2.05, 4.69) is 68.2 Å². The van der Waals surface area contributed by atoms with Gasteiger partial charge in [-0.1, -0.05) is 154 Å². The molecule has 0 fully saturated rings. The van der Waals surface area contributed by atoms with Gasteiger partial charge in [-0.05, 0) is 123 Å². The second kappa shape index (κ2) is 50.1. The van der Waals surface area contributed by atoms with E-state index in [0.29, 0.717) is 19.7 Å². The van der Waals surface area contributed by atoms with Gasteiger partial charge in [0.05, 0.1) is 39.8 Å². The van der Waals surface area contributed by atoms with E-state index in [0.717, 1.165) is 95.5 Å². The lowest BCUT2D eigenvalue weighted by Crippen LogP contribution is -2.53. The Balaban J connectivity index is 4.64. The maximum absolute atomic E-state index is 13.3. The van der Waals surface area contributed by atoms with Crippen molar-refractivity contribution in [2.45, 2.75) is 231 Å². The first-order valence-corrected chi connectivity index (χ1v) is 27.3. The molecule has 9 heteroatoms. The van der Waals surface area contributed by atoms with Gasteiger partial charge in [0.2, 0.25) is 5.91 Å². The van der Waals surface area contributed by atoms with Crippen LogP contribution in [-0.4, -0.2) is 109 Å². The van der Waals surface area contributed by atoms with E-state index < -0.39 is 0 Å². The third-order valence-electron chi connectivity index (χ3n) is 12.3. The number of nitrogens with zero attached hydrogens (tertiary/aromatic N) is 1. The minimum Gasteiger partial charge on any atom is -0.379 e. The molecule has 2 atom stereocenters. The fraction of sp³-hybridized carbons (Fsp3) is 0.907. The maximum atomic E-state index is 13.3. The Kier molecular flexibility index (Phi) is 49.0. The summed E-state index contributed by atoms with van der Waals surface area (Å²) < 4.78 is 13.6. The van der Waals surface area contributed by atoms with Crippen molar-refractivity contribution in [3.8, 4) is 0 Å². The number of carbonyl (C=O) groups is 1. The average molecular weight is 893 g/mol. The smallest absolute Gasteiger partial charge is 0.237 e. The van der Waals surface area contributed by atoms with Gasteiger partial charge in [-0.3, -0.25) is 4.79 Å². The molecular formula is C54H111N6O3+. The summed E-state index contributed by atoms with van der Waals surface area (Å²) in [6, 6.07) is -0.225. The predicted octanol–water partition coefficient (Wildman–Crippen LogP) is 11.7. The highest BCUT2D eigenvalue weighted by Gasteiger charge is 2.24. The monoisotopic (exact) mass is 892 g/mol. The molecule has 0 rings (SSSR count). The molecule has 0 aliphatic rings. The van der Waals surface area contributed by atoms with Crippen LogP contribution in [0.4, 0.5) is 0 Å². The number of rotatable bonds is 52. The molecule has 0 heterocycles. The van der Waals surface area contributed by atoms with Crippen LogP contribution in [0.1, 0.15) is 219 Å². The van der Waals surface area contributed by atoms with Crippen molar-refractivity contribution in [2.75, 3.05) is 86.3 Å². The summed E-state index contributed by atoms with van der Waals surface area (Å²) in [6.07, 6.45) is 50.2. The molecule has 0 aromatic rings. The van der Waals surface area contributed by atoms with Crippen LogP contribution >= 0.6 is 0 Å². The van der Waals surface area contributed by atoms with Gasteiger partial charge in [-0.25, -0.2) is 0 Å². The lowest BCUT2D eigenvalue weighted by Gasteiger charge is -2.33. The number of hydrogen-bond acceptors (Lipinski definition) is 7. The molecule has 2 unspecified atom stereocenters. The third-order valence-corrected chi connectivity index (χ3v) is 12.3. The Hall–Kier alpha value is -1.33. The molecule has 0 aliphatic heterocycles. The van der Waals surface area contributed by atoms with Crippen LogP contribution in [0.5, 0.6) is 0 Å². The predicted molar refractivity (Wildman–Crippen MR) is 276 cm³/mol. The molecule has 9 nitrogen and oxygen atoms in total. The highest BCUT2D eigenvalue weighted by Crippen LogP contribution is 2.13. The van der Waals surface area contributed by atoms with Crippen LogP contribution in [0, 0.1) is 0 Å². The average Bonchev–Trinajstić information content (AvgIpc) is 3.27. The Bertz CT molecular complexity index is 979. The molecule has 0 saturated carbocycles. The topological polar surface area (TPSA) is 124 Å². The number of unbranched alkanes of at least 4 members (excludes halogenated alkanes) is 25. The number of amides is 1. The van der Waals surface area contributed by atoms with Gasteiger partial charge in [0.25, 0.3) is 0 Å². The SMILES string of the molecule is CCCCCCCC/C=C/CCCCCCCCOCC(C[N+](C)(C)CCNC(=O)C(CCNCCCCN)NCCCN)OCCCCCCCC/C=C/CCCCCCCC. The van der Waals surface area contributed by atoms with Gasteiger partial charge in [-0.15, -0.1) is 0 Å². The molecule has 63 heavy (non-hydrogen) atoms. The summed E-state index contributed by atoms with van der Waals surface area (Å²) in [4.78, 5) is 13.3. The van der Waals surface area contributed by atoms with Gasteiger partial charge in [0, 0.05) is 13.2 Å². The number of quaternary nitrogens is 1. The molecule has 0 bridgehead atoms. The first kappa shape index (κ1) is 61.7. The number of nitrogens with one attached hydrogen (secondary N) is 3. The Morgan fingerprint density at radius 2 is 1.02 bits per heavy atom. The van der Waals surface area contributed by atoms with Crippen LogP contribution in [0.15, 0.2) is 24.3 Å². The zero-order valence-corrected chi connectivity index (χ0v) is 42.7. The zero-order valence-electron chi connectivity index (χ0n) is 42.7. The number of carbonyl (C=O) groups excluding carboxylic acids is 1. The van der Waals surface area contributed by atoms with Crippen LogP contribution < -0.4 is 27.4 Å². The van der Waals surface area contributed by atoms with E-state index in [1.807, 2.05) is 0 Å². The first-order chi connectivity index (χ1) is 30.9. The highest BCUT2D eigenvalue weighted by atomic mass is 16.5. The van der Waals surface area contributed by atoms with Gasteiger partial charge in [0.1, 0.15) is 12.6 Å². The Morgan fingerprint density at radius 3 is 1.52 bits per heavy atom. The van der Waals surface area contributed by atoms with Crippen molar-refractivity contribution in [2.24, 2.45) is 11.5 Å². The van der Waals surface area contributed by atoms with Gasteiger partial charge >= 0.3 is 0 Å². The lowest BCUT2D eigenvalue weighted by molar-refractivity contribution is -0.892. The zero-order chi connectivity index (χ0) is 46.0. The summed E-state index contributed by atoms with van der Waals surface area (Å²) in [5.74, 6) is 0.0718. The van der Waals surface area contributed by atoms with Crippen molar-refractivity contribution in [1.29, 1.82) is 0 Å². The van der Waals surface area contributed by atoms with E-state index in [4.69, 9.17) is 20.9 Å². The molecule has 0 radical (unpaired) electrons. The van der Waals surface area contributed by atoms with Crippen molar-refractivity contribution in [1.82, 2.24) is 16.0 Å². The molecule has 7 N–H and O–H groups in total. The summed E-state index contributed by atoms with van der Waals surface area (Å²) in [5, 5.41) is 10.1. The van der Waals surface area contributed by atoms with Crippen molar-refractivity contribution in [3.63, 3.8) is 0 Å². The van der Waals surface area contributed by atoms with Crippen LogP contribution in [-0.2, 0) is 14.3 Å². The summed E-state index contributed by atoms with van der Waals surface area (Å²) >= 11 is 0. The molecular weight excluding hydrogens is 781 g/mol. The molecule has 0 aliphatic carbocycles. The Labute approximate surface area is 392 Å². The van der Waals surface area contributed by atoms with Crippen molar-refractivity contribution in [3.05, 3.63) is 24.3 Å². The lowest BCUT2D eigenvalue weighted by atomic mass is 10.1. The summed E-state index contributed by atoms with van der Waals surface area (Å²) in [6.45, 7) is 12.9. The quantitative estimate of drug-likeness (QED) is 0.0234. The van der Waals surface area contributed by atoms with E-state index >= 15 is 0 Å². The van der Waals surface area contributed by atoms with Gasteiger partial charge in [-0.2, -0.15) is 0 Å². The normalized spacial score (nSPS) is 13.2. The second-order valence-electron chi connectivity index (χ2n) is 19.3. The molecule has 0 aromatic carbocycles.